The van der Waals surface area contributed by atoms with Crippen molar-refractivity contribution in [1.29, 1.82) is 0 Å². The van der Waals surface area contributed by atoms with E-state index in [0.29, 0.717) is 34.0 Å². The summed E-state index contributed by atoms with van der Waals surface area (Å²) >= 11 is 6.30. The second-order valence-corrected chi connectivity index (χ2v) is 8.00. The minimum atomic E-state index is 0.0766. The van der Waals surface area contributed by atoms with Gasteiger partial charge in [-0.3, -0.25) is 9.78 Å². The Labute approximate surface area is 154 Å². The van der Waals surface area contributed by atoms with Gasteiger partial charge in [0.1, 0.15) is 0 Å². The molecule has 2 heterocycles. The lowest BCUT2D eigenvalue weighted by Crippen LogP contribution is -2.37. The van der Waals surface area contributed by atoms with E-state index < -0.39 is 0 Å². The average Bonchev–Trinajstić information content (AvgIpc) is 3.00. The zero-order chi connectivity index (χ0) is 18.3. The van der Waals surface area contributed by atoms with Crippen LogP contribution < -0.4 is 0 Å². The predicted molar refractivity (Wildman–Crippen MR) is 103 cm³/mol. The smallest absolute Gasteiger partial charge is 0.254 e. The van der Waals surface area contributed by atoms with Gasteiger partial charge in [0.05, 0.1) is 16.1 Å². The van der Waals surface area contributed by atoms with Crippen LogP contribution in [0.2, 0.25) is 5.02 Å². The molecule has 1 aromatic carbocycles. The van der Waals surface area contributed by atoms with E-state index in [2.05, 4.69) is 37.8 Å². The van der Waals surface area contributed by atoms with E-state index in [1.165, 1.54) is 0 Å². The van der Waals surface area contributed by atoms with Gasteiger partial charge in [-0.05, 0) is 45.0 Å². The van der Waals surface area contributed by atoms with Gasteiger partial charge in [-0.15, -0.1) is 0 Å². The Kier molecular flexibility index (Phi) is 5.03. The van der Waals surface area contributed by atoms with Crippen molar-refractivity contribution in [2.24, 2.45) is 11.8 Å². The van der Waals surface area contributed by atoms with Crippen LogP contribution in [0.15, 0.2) is 24.3 Å². The lowest BCUT2D eigenvalue weighted by Gasteiger charge is -2.27. The van der Waals surface area contributed by atoms with E-state index in [0.717, 1.165) is 24.2 Å². The number of aryl methyl sites for hydroxylation is 1. The number of benzene rings is 1. The van der Waals surface area contributed by atoms with Crippen LogP contribution >= 0.6 is 11.6 Å². The summed E-state index contributed by atoms with van der Waals surface area (Å²) < 4.78 is 0. The largest absolute Gasteiger partial charge is 0.337 e. The van der Waals surface area contributed by atoms with Crippen molar-refractivity contribution >= 4 is 28.4 Å². The first-order chi connectivity index (χ1) is 11.8. The number of amides is 1. The SMILES string of the molecule is Cc1cc(C(=O)N2CC(C(C)C)C(N(C)C)C2)c2cccc(Cl)c2n1. The van der Waals surface area contributed by atoms with Crippen LogP contribution in [0, 0.1) is 18.8 Å². The van der Waals surface area contributed by atoms with Crippen molar-refractivity contribution in [2.75, 3.05) is 27.2 Å². The van der Waals surface area contributed by atoms with Crippen LogP contribution in [0.3, 0.4) is 0 Å². The third-order valence-corrected chi connectivity index (χ3v) is 5.59. The molecule has 0 spiro atoms. The molecule has 1 amide bonds. The van der Waals surface area contributed by atoms with Crippen LogP contribution in [-0.4, -0.2) is 53.9 Å². The van der Waals surface area contributed by atoms with E-state index >= 15 is 0 Å². The maximum Gasteiger partial charge on any atom is 0.254 e. The minimum Gasteiger partial charge on any atom is -0.337 e. The molecule has 0 aliphatic carbocycles. The van der Waals surface area contributed by atoms with Crippen molar-refractivity contribution in [3.05, 3.63) is 40.5 Å². The average molecular weight is 360 g/mol. The second-order valence-electron chi connectivity index (χ2n) is 7.60. The number of nitrogens with zero attached hydrogens (tertiary/aromatic N) is 3. The van der Waals surface area contributed by atoms with Crippen molar-refractivity contribution < 1.29 is 4.79 Å². The lowest BCUT2D eigenvalue weighted by molar-refractivity contribution is 0.0781. The van der Waals surface area contributed by atoms with E-state index in [4.69, 9.17) is 11.6 Å². The highest BCUT2D eigenvalue weighted by molar-refractivity contribution is 6.35. The fourth-order valence-corrected chi connectivity index (χ4v) is 4.08. The van der Waals surface area contributed by atoms with Gasteiger partial charge in [0, 0.05) is 30.2 Å². The van der Waals surface area contributed by atoms with Crippen LogP contribution in [0.25, 0.3) is 10.9 Å². The molecule has 2 aromatic rings. The molecular weight excluding hydrogens is 334 g/mol. The van der Waals surface area contributed by atoms with Gasteiger partial charge in [0.15, 0.2) is 0 Å². The quantitative estimate of drug-likeness (QED) is 0.835. The summed E-state index contributed by atoms with van der Waals surface area (Å²) in [6, 6.07) is 7.90. The van der Waals surface area contributed by atoms with E-state index in [-0.39, 0.29) is 5.91 Å². The number of halogens is 1. The zero-order valence-corrected chi connectivity index (χ0v) is 16.3. The number of para-hydroxylation sites is 1. The van der Waals surface area contributed by atoms with Gasteiger partial charge < -0.3 is 9.80 Å². The fourth-order valence-electron chi connectivity index (χ4n) is 3.87. The topological polar surface area (TPSA) is 36.4 Å². The molecule has 2 atom stereocenters. The molecule has 1 aliphatic rings. The number of hydrogen-bond donors (Lipinski definition) is 0. The number of carbonyl (C=O) groups is 1. The molecule has 1 aromatic heterocycles. The Morgan fingerprint density at radius 1 is 1.32 bits per heavy atom. The maximum atomic E-state index is 13.3. The first-order valence-corrected chi connectivity index (χ1v) is 9.19. The fraction of sp³-hybridized carbons (Fsp3) is 0.500. The summed E-state index contributed by atoms with van der Waals surface area (Å²) in [4.78, 5) is 22.0. The first kappa shape index (κ1) is 18.2. The summed E-state index contributed by atoms with van der Waals surface area (Å²) in [6.45, 7) is 7.94. The number of likely N-dealkylation sites (tertiary alicyclic amines) is 1. The van der Waals surface area contributed by atoms with Crippen LogP contribution in [0.5, 0.6) is 0 Å². The summed E-state index contributed by atoms with van der Waals surface area (Å²) in [7, 11) is 4.19. The highest BCUT2D eigenvalue weighted by Gasteiger charge is 2.38. The molecule has 0 saturated carbocycles. The van der Waals surface area contributed by atoms with E-state index in [1.54, 1.807) is 0 Å². The third-order valence-electron chi connectivity index (χ3n) is 5.29. The highest BCUT2D eigenvalue weighted by Crippen LogP contribution is 2.31. The molecule has 0 bridgehead atoms. The highest BCUT2D eigenvalue weighted by atomic mass is 35.5. The van der Waals surface area contributed by atoms with Crippen LogP contribution in [0.4, 0.5) is 0 Å². The number of fused-ring (bicyclic) bond motifs is 1. The van der Waals surface area contributed by atoms with Crippen LogP contribution in [0.1, 0.15) is 29.9 Å². The Hall–Kier alpha value is -1.65. The minimum absolute atomic E-state index is 0.0766. The molecule has 1 fully saturated rings. The summed E-state index contributed by atoms with van der Waals surface area (Å²) in [6.07, 6.45) is 0. The second kappa shape index (κ2) is 6.93. The summed E-state index contributed by atoms with van der Waals surface area (Å²) in [5.74, 6) is 1.10. The number of rotatable bonds is 3. The molecule has 3 rings (SSSR count). The van der Waals surface area contributed by atoms with Gasteiger partial charge in [-0.1, -0.05) is 37.6 Å². The zero-order valence-electron chi connectivity index (χ0n) is 15.6. The normalized spacial score (nSPS) is 20.9. The molecule has 0 N–H and O–H groups in total. The standard InChI is InChI=1S/C20H26ClN3O/c1-12(2)16-10-24(11-18(16)23(4)5)20(25)15-9-13(3)22-19-14(15)7-6-8-17(19)21/h6-9,12,16,18H,10-11H2,1-5H3. The first-order valence-electron chi connectivity index (χ1n) is 8.81. The molecule has 4 nitrogen and oxygen atoms in total. The Bertz CT molecular complexity index is 787. The lowest BCUT2D eigenvalue weighted by atomic mass is 9.91. The molecule has 2 unspecified atom stereocenters. The molecule has 0 radical (unpaired) electrons. The van der Waals surface area contributed by atoms with Crippen molar-refractivity contribution in [2.45, 2.75) is 26.8 Å². The van der Waals surface area contributed by atoms with Crippen LogP contribution in [-0.2, 0) is 0 Å². The molecule has 25 heavy (non-hydrogen) atoms. The molecule has 134 valence electrons. The molecular formula is C20H26ClN3O. The van der Waals surface area contributed by atoms with Gasteiger partial charge in [0.2, 0.25) is 0 Å². The Balaban J connectivity index is 1.99. The van der Waals surface area contributed by atoms with Crippen molar-refractivity contribution in [1.82, 2.24) is 14.8 Å². The van der Waals surface area contributed by atoms with Gasteiger partial charge >= 0.3 is 0 Å². The third kappa shape index (κ3) is 3.38. The number of aromatic nitrogens is 1. The molecule has 5 heteroatoms. The number of pyridine rings is 1. The number of carbonyl (C=O) groups excluding carboxylic acids is 1. The Morgan fingerprint density at radius 3 is 2.64 bits per heavy atom. The van der Waals surface area contributed by atoms with E-state index in [1.807, 2.05) is 36.1 Å². The summed E-state index contributed by atoms with van der Waals surface area (Å²) in [5, 5.41) is 1.42. The van der Waals surface area contributed by atoms with Gasteiger partial charge in [0.25, 0.3) is 5.91 Å². The summed E-state index contributed by atoms with van der Waals surface area (Å²) in [5.41, 5.74) is 2.22. The maximum absolute atomic E-state index is 13.3. The monoisotopic (exact) mass is 359 g/mol. The predicted octanol–water partition coefficient (Wildman–Crippen LogP) is 3.85. The van der Waals surface area contributed by atoms with E-state index in [9.17, 15) is 4.79 Å². The molecule has 1 aliphatic heterocycles. The molecule has 1 saturated heterocycles. The van der Waals surface area contributed by atoms with Crippen molar-refractivity contribution in [3.63, 3.8) is 0 Å². The van der Waals surface area contributed by atoms with Crippen molar-refractivity contribution in [3.8, 4) is 0 Å². The number of likely N-dealkylation sites (N-methyl/N-ethyl adjacent to an activating group) is 1. The van der Waals surface area contributed by atoms with Gasteiger partial charge in [-0.2, -0.15) is 0 Å². The van der Waals surface area contributed by atoms with Gasteiger partial charge in [-0.25, -0.2) is 0 Å². The Morgan fingerprint density at radius 2 is 2.04 bits per heavy atom. The number of hydrogen-bond acceptors (Lipinski definition) is 3.